The van der Waals surface area contributed by atoms with Gasteiger partial charge in [0.1, 0.15) is 0 Å². The number of fused-ring (bicyclic) bond motifs is 2. The molecule has 2 heterocycles. The fourth-order valence-electron chi connectivity index (χ4n) is 8.70. The van der Waals surface area contributed by atoms with Gasteiger partial charge in [-0.3, -0.25) is 33.7 Å². The first-order valence-electron chi connectivity index (χ1n) is 22.2. The summed E-state index contributed by atoms with van der Waals surface area (Å²) in [7, 11) is 2.92. The third-order valence-electron chi connectivity index (χ3n) is 12.4. The Balaban J connectivity index is 0.000000201. The highest BCUT2D eigenvalue weighted by Gasteiger charge is 2.39. The summed E-state index contributed by atoms with van der Waals surface area (Å²) in [5, 5.41) is 5.23. The molecular formula is C56H42F6N4O6. The summed E-state index contributed by atoms with van der Waals surface area (Å²) in [6.07, 6.45) is -9.02. The lowest BCUT2D eigenvalue weighted by Crippen LogP contribution is -2.29. The van der Waals surface area contributed by atoms with Crippen LogP contribution in [0, 0.1) is 27.7 Å². The van der Waals surface area contributed by atoms with Crippen LogP contribution in [0.2, 0.25) is 0 Å². The summed E-state index contributed by atoms with van der Waals surface area (Å²) in [4.78, 5) is 77.5. The number of carbonyl (C=O) groups is 6. The lowest BCUT2D eigenvalue weighted by atomic mass is 9.94. The van der Waals surface area contributed by atoms with Gasteiger partial charge >= 0.3 is 12.4 Å². The molecule has 364 valence electrons. The molecule has 0 atom stereocenters. The van der Waals surface area contributed by atoms with E-state index in [1.54, 1.807) is 88.4 Å². The number of hydrogen-bond donors (Lipinski definition) is 2. The van der Waals surface area contributed by atoms with Crippen molar-refractivity contribution in [2.24, 2.45) is 0 Å². The zero-order chi connectivity index (χ0) is 52.1. The van der Waals surface area contributed by atoms with Gasteiger partial charge in [-0.2, -0.15) is 26.3 Å². The maximum absolute atomic E-state index is 13.8. The van der Waals surface area contributed by atoms with Crippen molar-refractivity contribution in [3.63, 3.8) is 0 Å². The number of rotatable bonds is 7. The smallest absolute Gasteiger partial charge is 0.355 e. The van der Waals surface area contributed by atoms with Gasteiger partial charge in [0, 0.05) is 30.9 Å². The Morgan fingerprint density at radius 1 is 0.444 bits per heavy atom. The van der Waals surface area contributed by atoms with Gasteiger partial charge in [0.2, 0.25) is 0 Å². The molecule has 7 aromatic rings. The van der Waals surface area contributed by atoms with E-state index in [1.807, 2.05) is 0 Å². The van der Waals surface area contributed by atoms with Crippen LogP contribution in [-0.4, -0.2) is 54.4 Å². The van der Waals surface area contributed by atoms with E-state index >= 15 is 0 Å². The number of anilines is 2. The second kappa shape index (κ2) is 18.9. The van der Waals surface area contributed by atoms with E-state index < -0.39 is 41.2 Å². The molecule has 10 nitrogen and oxygen atoms in total. The zero-order valence-corrected chi connectivity index (χ0v) is 39.3. The summed E-state index contributed by atoms with van der Waals surface area (Å²) in [5.41, 5.74) is 5.09. The minimum absolute atomic E-state index is 0.0138. The number of amides is 6. The van der Waals surface area contributed by atoms with Gasteiger partial charge in [-0.25, -0.2) is 4.90 Å². The molecule has 0 unspecified atom stereocenters. The molecule has 0 saturated carbocycles. The maximum Gasteiger partial charge on any atom is 0.417 e. The highest BCUT2D eigenvalue weighted by Crippen LogP contribution is 2.42. The van der Waals surface area contributed by atoms with Crippen molar-refractivity contribution in [2.45, 2.75) is 40.0 Å². The fourth-order valence-corrected chi connectivity index (χ4v) is 8.70. The van der Waals surface area contributed by atoms with E-state index in [9.17, 15) is 55.1 Å². The second-order valence-electron chi connectivity index (χ2n) is 17.4. The molecule has 0 spiro atoms. The third-order valence-corrected chi connectivity index (χ3v) is 12.4. The molecule has 7 aromatic carbocycles. The van der Waals surface area contributed by atoms with E-state index in [1.165, 1.54) is 74.8 Å². The van der Waals surface area contributed by atoms with E-state index in [-0.39, 0.29) is 51.2 Å². The van der Waals surface area contributed by atoms with Gasteiger partial charge in [0.15, 0.2) is 0 Å². The second-order valence-corrected chi connectivity index (χ2v) is 17.4. The van der Waals surface area contributed by atoms with E-state index in [4.69, 9.17) is 0 Å². The number of aryl methyl sites for hydroxylation is 4. The van der Waals surface area contributed by atoms with Crippen molar-refractivity contribution < 1.29 is 55.1 Å². The summed E-state index contributed by atoms with van der Waals surface area (Å²) in [6, 6.07) is 33.3. The minimum Gasteiger partial charge on any atom is -0.355 e. The molecule has 2 aliphatic rings. The van der Waals surface area contributed by atoms with Crippen molar-refractivity contribution in [3.8, 4) is 33.4 Å². The van der Waals surface area contributed by atoms with Crippen molar-refractivity contribution in [3.05, 3.63) is 200 Å². The van der Waals surface area contributed by atoms with Crippen LogP contribution in [0.4, 0.5) is 37.7 Å². The van der Waals surface area contributed by atoms with E-state index in [0.29, 0.717) is 66.9 Å². The molecule has 0 fully saturated rings. The maximum atomic E-state index is 13.8. The molecule has 72 heavy (non-hydrogen) atoms. The van der Waals surface area contributed by atoms with Gasteiger partial charge in [-0.05, 0) is 157 Å². The van der Waals surface area contributed by atoms with E-state index in [2.05, 4.69) is 10.6 Å². The molecule has 16 heteroatoms. The van der Waals surface area contributed by atoms with E-state index in [0.717, 1.165) is 21.9 Å². The van der Waals surface area contributed by atoms with Crippen molar-refractivity contribution >= 4 is 46.8 Å². The van der Waals surface area contributed by atoms with Crippen LogP contribution in [-0.2, 0) is 12.4 Å². The Labute approximate surface area is 408 Å². The number of carbonyl (C=O) groups excluding carboxylic acids is 6. The Hall–Kier alpha value is -8.66. The van der Waals surface area contributed by atoms with Gasteiger partial charge in [-0.1, -0.05) is 59.7 Å². The van der Waals surface area contributed by atoms with Crippen molar-refractivity contribution in [1.29, 1.82) is 0 Å². The molecule has 2 N–H and O–H groups in total. The predicted octanol–water partition coefficient (Wildman–Crippen LogP) is 12.3. The first-order valence-corrected chi connectivity index (χ1v) is 22.2. The van der Waals surface area contributed by atoms with Crippen molar-refractivity contribution in [2.75, 3.05) is 24.3 Å². The van der Waals surface area contributed by atoms with Crippen LogP contribution in [0.3, 0.4) is 0 Å². The van der Waals surface area contributed by atoms with Gasteiger partial charge in [0.25, 0.3) is 35.4 Å². The van der Waals surface area contributed by atoms with Crippen LogP contribution in [0.5, 0.6) is 0 Å². The van der Waals surface area contributed by atoms with Crippen LogP contribution in [0.15, 0.2) is 133 Å². The van der Waals surface area contributed by atoms with Gasteiger partial charge < -0.3 is 10.6 Å². The highest BCUT2D eigenvalue weighted by molar-refractivity contribution is 6.34. The Bertz CT molecular complexity index is 3440. The molecular weight excluding hydrogens is 939 g/mol. The average molecular weight is 981 g/mol. The molecule has 2 aliphatic heterocycles. The Morgan fingerprint density at radius 3 is 1.35 bits per heavy atom. The van der Waals surface area contributed by atoms with Gasteiger partial charge in [-0.15, -0.1) is 0 Å². The molecule has 0 aromatic heterocycles. The monoisotopic (exact) mass is 980 g/mol. The molecule has 9 rings (SSSR count). The van der Waals surface area contributed by atoms with Gasteiger partial charge in [0.05, 0.1) is 39.1 Å². The summed E-state index contributed by atoms with van der Waals surface area (Å²) in [6.45, 7) is 6.54. The Morgan fingerprint density at radius 2 is 0.861 bits per heavy atom. The number of halogens is 6. The molecule has 0 radical (unpaired) electrons. The zero-order valence-electron chi connectivity index (χ0n) is 39.3. The topological polar surface area (TPSA) is 133 Å². The summed E-state index contributed by atoms with van der Waals surface area (Å²) >= 11 is 0. The predicted molar refractivity (Wildman–Crippen MR) is 260 cm³/mol. The molecule has 0 saturated heterocycles. The van der Waals surface area contributed by atoms with Crippen molar-refractivity contribution in [1.82, 2.24) is 10.2 Å². The molecule has 6 amide bonds. The number of hydrogen-bond acceptors (Lipinski definition) is 6. The van der Waals surface area contributed by atoms with Crippen LogP contribution >= 0.6 is 0 Å². The van der Waals surface area contributed by atoms with Crippen LogP contribution in [0.25, 0.3) is 33.4 Å². The number of nitrogens with zero attached hydrogens (tertiary/aromatic N) is 2. The van der Waals surface area contributed by atoms with Crippen LogP contribution in [0.1, 0.15) is 95.5 Å². The number of nitrogens with one attached hydrogen (secondary N) is 2. The number of alkyl halides is 6. The first kappa shape index (κ1) is 49.8. The molecule has 0 bridgehead atoms. The third kappa shape index (κ3) is 9.50. The fraction of sp³-hybridized carbons (Fsp3) is 0.143. The summed E-state index contributed by atoms with van der Waals surface area (Å²) < 4.78 is 81.8. The summed E-state index contributed by atoms with van der Waals surface area (Å²) in [5.74, 6) is -2.57. The lowest BCUT2D eigenvalue weighted by Gasteiger charge is -2.19. The number of imide groups is 2. The average Bonchev–Trinajstić information content (AvgIpc) is 3.72. The lowest BCUT2D eigenvalue weighted by molar-refractivity contribution is -0.137. The minimum atomic E-state index is -4.55. The normalized spacial score (nSPS) is 13.2. The first-order chi connectivity index (χ1) is 34.0. The largest absolute Gasteiger partial charge is 0.417 e. The standard InChI is InChI=1S/C32H21F3N2O4.C24H21F3N2O2/c1-16-4-8-22(27(12-16)32(33,34)35)21-11-7-20(13-17(21)2)37-30(40)24-10-6-19(15-26(24)31(37)41)18-5-9-23-25(14-18)29(39)36(3)28(23)38;1-14-4-10-20(21(12-14)24(25,26)27)19-11-9-18(13-15(19)2)29-23(31)17-7-5-16(6-8-17)22(30)28-3/h4-15H,1-3H3;4-13H,1-3H3,(H,28,30)(H,29,31). The number of benzene rings is 7. The van der Waals surface area contributed by atoms with Crippen LogP contribution < -0.4 is 15.5 Å². The quantitative estimate of drug-likeness (QED) is 0.121. The highest BCUT2D eigenvalue weighted by atomic mass is 19.4. The Kier molecular flexibility index (Phi) is 13.1. The molecule has 0 aliphatic carbocycles. The SMILES string of the molecule is CNC(=O)c1ccc(C(=O)Nc2ccc(-c3ccc(C)cc3C(F)(F)F)c(C)c2)cc1.Cc1ccc(-c2ccc(N3C(=O)c4ccc(-c5ccc6c(c5)C(=O)N(C)C6=O)cc4C3=O)cc2C)c(C(F)(F)F)c1.